The first-order chi connectivity index (χ1) is 10.0. The molecule has 0 aromatic rings. The summed E-state index contributed by atoms with van der Waals surface area (Å²) >= 11 is 0. The summed E-state index contributed by atoms with van der Waals surface area (Å²) in [5, 5.41) is 12.5. The van der Waals surface area contributed by atoms with E-state index in [1.807, 2.05) is 0 Å². The van der Waals surface area contributed by atoms with Gasteiger partial charge in [0.25, 0.3) is 0 Å². The molecular formula is C16H29N3O2. The van der Waals surface area contributed by atoms with Gasteiger partial charge in [0.2, 0.25) is 0 Å². The highest BCUT2D eigenvalue weighted by atomic mass is 16.5. The lowest BCUT2D eigenvalue weighted by Gasteiger charge is -2.37. The van der Waals surface area contributed by atoms with Crippen molar-refractivity contribution in [1.82, 2.24) is 10.2 Å². The Kier molecular flexibility index (Phi) is 8.33. The van der Waals surface area contributed by atoms with E-state index in [0.29, 0.717) is 30.8 Å². The van der Waals surface area contributed by atoms with E-state index in [1.165, 1.54) is 13.5 Å². The molecule has 1 fully saturated rings. The second-order valence-corrected chi connectivity index (χ2v) is 6.40. The third kappa shape index (κ3) is 7.45. The van der Waals surface area contributed by atoms with Gasteiger partial charge in [-0.05, 0) is 37.6 Å². The van der Waals surface area contributed by atoms with Crippen LogP contribution in [0, 0.1) is 23.2 Å². The van der Waals surface area contributed by atoms with E-state index in [2.05, 4.69) is 30.1 Å². The molecule has 0 aliphatic carbocycles. The lowest BCUT2D eigenvalue weighted by atomic mass is 9.90. The van der Waals surface area contributed by atoms with Crippen LogP contribution in [0.3, 0.4) is 0 Å². The van der Waals surface area contributed by atoms with E-state index in [-0.39, 0.29) is 5.97 Å². The summed E-state index contributed by atoms with van der Waals surface area (Å²) in [6.45, 7) is 7.78. The number of methoxy groups -OCH3 is 1. The van der Waals surface area contributed by atoms with Crippen molar-refractivity contribution in [3.63, 3.8) is 0 Å². The second kappa shape index (κ2) is 9.75. The van der Waals surface area contributed by atoms with Crippen LogP contribution in [0.4, 0.5) is 0 Å². The molecule has 0 saturated carbocycles. The third-order valence-corrected chi connectivity index (χ3v) is 4.05. The van der Waals surface area contributed by atoms with Gasteiger partial charge in [-0.3, -0.25) is 9.69 Å². The summed E-state index contributed by atoms with van der Waals surface area (Å²) in [5.74, 6) is 1.02. The second-order valence-electron chi connectivity index (χ2n) is 6.40. The zero-order valence-corrected chi connectivity index (χ0v) is 13.6. The van der Waals surface area contributed by atoms with E-state index in [1.54, 1.807) is 0 Å². The Balaban J connectivity index is 2.43. The predicted octanol–water partition coefficient (Wildman–Crippen LogP) is 1.79. The molecule has 120 valence electrons. The van der Waals surface area contributed by atoms with Crippen molar-refractivity contribution in [2.24, 2.45) is 11.8 Å². The first-order valence-corrected chi connectivity index (χ1v) is 7.94. The molecule has 5 nitrogen and oxygen atoms in total. The number of carbonyl (C=O) groups excluding carboxylic acids is 1. The topological polar surface area (TPSA) is 65.4 Å². The van der Waals surface area contributed by atoms with Crippen LogP contribution in [0.25, 0.3) is 0 Å². The number of nitrogens with one attached hydrogen (secondary N) is 1. The summed E-state index contributed by atoms with van der Waals surface area (Å²) < 4.78 is 4.71. The lowest BCUT2D eigenvalue weighted by Crippen LogP contribution is -2.49. The quantitative estimate of drug-likeness (QED) is 0.546. The Morgan fingerprint density at radius 2 is 2.24 bits per heavy atom. The molecule has 0 spiro atoms. The molecule has 0 aromatic carbocycles. The van der Waals surface area contributed by atoms with Gasteiger partial charge in [-0.1, -0.05) is 13.8 Å². The molecule has 21 heavy (non-hydrogen) atoms. The van der Waals surface area contributed by atoms with Gasteiger partial charge >= 0.3 is 5.97 Å². The van der Waals surface area contributed by atoms with Gasteiger partial charge in [-0.25, -0.2) is 0 Å². The normalized spacial score (nSPS) is 23.0. The van der Waals surface area contributed by atoms with Gasteiger partial charge in [0.1, 0.15) is 0 Å². The highest BCUT2D eigenvalue weighted by Gasteiger charge is 2.27. The number of nitrogens with zero attached hydrogens (tertiary/aromatic N) is 2. The number of hydrogen-bond acceptors (Lipinski definition) is 5. The minimum absolute atomic E-state index is 0.142. The molecule has 0 bridgehead atoms. The van der Waals surface area contributed by atoms with Crippen LogP contribution >= 0.6 is 0 Å². The minimum Gasteiger partial charge on any atom is -0.469 e. The van der Waals surface area contributed by atoms with Crippen molar-refractivity contribution in [2.45, 2.75) is 45.6 Å². The molecule has 1 saturated heterocycles. The number of carbonyl (C=O) groups is 1. The van der Waals surface area contributed by atoms with Crippen molar-refractivity contribution >= 4 is 5.97 Å². The Morgan fingerprint density at radius 1 is 1.48 bits per heavy atom. The highest BCUT2D eigenvalue weighted by Crippen LogP contribution is 2.21. The van der Waals surface area contributed by atoms with E-state index < -0.39 is 0 Å². The molecule has 1 N–H and O–H groups in total. The molecule has 1 aliphatic rings. The van der Waals surface area contributed by atoms with Gasteiger partial charge in [0.05, 0.1) is 19.7 Å². The summed E-state index contributed by atoms with van der Waals surface area (Å²) in [6.07, 6.45) is 3.57. The fourth-order valence-corrected chi connectivity index (χ4v) is 2.89. The standard InChI is InChI=1S/C16H29N3O2/c1-13(2)6-8-18-15-10-14(4-5-16(20)21-3)11-19(12-15)9-7-17/h13-15,18H,4-6,8-12H2,1-3H3. The highest BCUT2D eigenvalue weighted by molar-refractivity contribution is 5.69. The Hall–Kier alpha value is -1.12. The number of ether oxygens (including phenoxy) is 1. The predicted molar refractivity (Wildman–Crippen MR) is 82.7 cm³/mol. The summed E-state index contributed by atoms with van der Waals surface area (Å²) in [4.78, 5) is 13.5. The number of piperidine rings is 1. The van der Waals surface area contributed by atoms with Crippen LogP contribution in [-0.2, 0) is 9.53 Å². The average Bonchev–Trinajstić information content (AvgIpc) is 2.44. The fourth-order valence-electron chi connectivity index (χ4n) is 2.89. The maximum atomic E-state index is 11.3. The monoisotopic (exact) mass is 295 g/mol. The number of esters is 1. The summed E-state index contributed by atoms with van der Waals surface area (Å²) in [7, 11) is 1.43. The van der Waals surface area contributed by atoms with Gasteiger partial charge in [0, 0.05) is 25.6 Å². The van der Waals surface area contributed by atoms with Crippen molar-refractivity contribution in [1.29, 1.82) is 5.26 Å². The lowest BCUT2D eigenvalue weighted by molar-refractivity contribution is -0.141. The fraction of sp³-hybridized carbons (Fsp3) is 0.875. The van der Waals surface area contributed by atoms with Crippen LogP contribution in [0.15, 0.2) is 0 Å². The van der Waals surface area contributed by atoms with E-state index in [4.69, 9.17) is 10.00 Å². The number of rotatable bonds is 8. The zero-order chi connectivity index (χ0) is 15.7. The van der Waals surface area contributed by atoms with Crippen molar-refractivity contribution in [3.8, 4) is 6.07 Å². The Bertz CT molecular complexity index is 352. The molecule has 0 radical (unpaired) electrons. The number of nitriles is 1. The van der Waals surface area contributed by atoms with Crippen LogP contribution in [0.5, 0.6) is 0 Å². The van der Waals surface area contributed by atoms with Crippen LogP contribution in [0.2, 0.25) is 0 Å². The van der Waals surface area contributed by atoms with Gasteiger partial charge in [-0.15, -0.1) is 0 Å². The maximum Gasteiger partial charge on any atom is 0.305 e. The largest absolute Gasteiger partial charge is 0.469 e. The molecule has 0 aromatic heterocycles. The van der Waals surface area contributed by atoms with Gasteiger partial charge in [-0.2, -0.15) is 5.26 Å². The van der Waals surface area contributed by atoms with E-state index >= 15 is 0 Å². The van der Waals surface area contributed by atoms with Crippen LogP contribution in [0.1, 0.15) is 39.5 Å². The molecule has 0 amide bonds. The van der Waals surface area contributed by atoms with Crippen molar-refractivity contribution in [2.75, 3.05) is 33.3 Å². The summed E-state index contributed by atoms with van der Waals surface area (Å²) in [6, 6.07) is 2.66. The SMILES string of the molecule is COC(=O)CCC1CC(NCCC(C)C)CN(CC#N)C1. The number of hydrogen-bond donors (Lipinski definition) is 1. The van der Waals surface area contributed by atoms with Crippen molar-refractivity contribution in [3.05, 3.63) is 0 Å². The molecule has 5 heteroatoms. The third-order valence-electron chi connectivity index (χ3n) is 4.05. The first-order valence-electron chi connectivity index (χ1n) is 7.94. The molecule has 2 unspecified atom stereocenters. The Labute approximate surface area is 128 Å². The maximum absolute atomic E-state index is 11.3. The van der Waals surface area contributed by atoms with Gasteiger partial charge in [0.15, 0.2) is 0 Å². The van der Waals surface area contributed by atoms with Gasteiger partial charge < -0.3 is 10.1 Å². The van der Waals surface area contributed by atoms with E-state index in [9.17, 15) is 4.79 Å². The zero-order valence-electron chi connectivity index (χ0n) is 13.6. The average molecular weight is 295 g/mol. The minimum atomic E-state index is -0.142. The van der Waals surface area contributed by atoms with Crippen molar-refractivity contribution < 1.29 is 9.53 Å². The molecule has 1 aliphatic heterocycles. The smallest absolute Gasteiger partial charge is 0.305 e. The summed E-state index contributed by atoms with van der Waals surface area (Å²) in [5.41, 5.74) is 0. The van der Waals surface area contributed by atoms with E-state index in [0.717, 1.165) is 32.5 Å². The number of likely N-dealkylation sites (tertiary alicyclic amines) is 1. The first kappa shape index (κ1) is 17.9. The van der Waals surface area contributed by atoms with Crippen LogP contribution < -0.4 is 5.32 Å². The molecule has 1 heterocycles. The molecular weight excluding hydrogens is 266 g/mol. The Morgan fingerprint density at radius 3 is 2.86 bits per heavy atom. The molecule has 2 atom stereocenters. The van der Waals surface area contributed by atoms with Crippen LogP contribution in [-0.4, -0.2) is 50.2 Å². The molecule has 1 rings (SSSR count).